The Morgan fingerprint density at radius 3 is 2.72 bits per heavy atom. The van der Waals surface area contributed by atoms with Crippen LogP contribution < -0.4 is 5.32 Å². The van der Waals surface area contributed by atoms with Crippen molar-refractivity contribution in [1.82, 2.24) is 14.9 Å². The van der Waals surface area contributed by atoms with Crippen molar-refractivity contribution in [1.29, 1.82) is 0 Å². The third-order valence-corrected chi connectivity index (χ3v) is 10.7. The van der Waals surface area contributed by atoms with Crippen LogP contribution in [-0.2, 0) is 0 Å². The minimum absolute atomic E-state index is 0.132. The molecule has 0 saturated heterocycles. The molecule has 1 aromatic heterocycles. The molecule has 4 aliphatic carbocycles. The first-order chi connectivity index (χ1) is 17.3. The first-order valence-electron chi connectivity index (χ1n) is 14.5. The largest absolute Gasteiger partial charge is 0.393 e. The lowest BCUT2D eigenvalue weighted by molar-refractivity contribution is -0.0252. The average Bonchev–Trinajstić information content (AvgIpc) is 3.40. The van der Waals surface area contributed by atoms with Gasteiger partial charge < -0.3 is 15.0 Å². The Morgan fingerprint density at radius 2 is 1.89 bits per heavy atom. The Balaban J connectivity index is 1.37. The molecule has 4 aliphatic rings. The highest BCUT2D eigenvalue weighted by Gasteiger charge is 2.58. The Morgan fingerprint density at radius 1 is 1.08 bits per heavy atom. The van der Waals surface area contributed by atoms with Crippen molar-refractivity contribution in [3.8, 4) is 0 Å². The van der Waals surface area contributed by atoms with Crippen LogP contribution in [0.2, 0.25) is 0 Å². The summed E-state index contributed by atoms with van der Waals surface area (Å²) in [5.41, 5.74) is 7.50. The van der Waals surface area contributed by atoms with Gasteiger partial charge in [-0.05, 0) is 105 Å². The molecule has 0 bridgehead atoms. The van der Waals surface area contributed by atoms with Gasteiger partial charge in [0.25, 0.3) is 0 Å². The van der Waals surface area contributed by atoms with Crippen molar-refractivity contribution in [2.45, 2.75) is 85.2 Å². The van der Waals surface area contributed by atoms with Crippen LogP contribution in [-0.4, -0.2) is 33.9 Å². The lowest BCUT2D eigenvalue weighted by Gasteiger charge is -2.57. The van der Waals surface area contributed by atoms with Gasteiger partial charge in [-0.1, -0.05) is 51.5 Å². The molecular formula is C32H45N3O. The van der Waals surface area contributed by atoms with E-state index in [-0.39, 0.29) is 16.9 Å². The van der Waals surface area contributed by atoms with Crippen LogP contribution in [0.1, 0.15) is 79.1 Å². The Hall–Kier alpha value is -1.91. The number of hydrogen-bond donors (Lipinski definition) is 2. The average molecular weight is 488 g/mol. The van der Waals surface area contributed by atoms with E-state index in [1.54, 1.807) is 11.1 Å². The molecule has 6 atom stereocenters. The highest BCUT2D eigenvalue weighted by molar-refractivity contribution is 5.81. The number of imidazole rings is 1. The van der Waals surface area contributed by atoms with Crippen LogP contribution in [0.3, 0.4) is 0 Å². The number of benzene rings is 1. The summed E-state index contributed by atoms with van der Waals surface area (Å²) in [7, 11) is 0. The molecule has 0 amide bonds. The third-order valence-electron chi connectivity index (χ3n) is 10.7. The summed E-state index contributed by atoms with van der Waals surface area (Å²) in [6.45, 7) is 11.8. The summed E-state index contributed by atoms with van der Waals surface area (Å²) in [5.74, 6) is 2.88. The van der Waals surface area contributed by atoms with E-state index in [1.165, 1.54) is 43.3 Å². The smallest absolute Gasteiger partial charge is 0.100 e. The van der Waals surface area contributed by atoms with E-state index in [0.717, 1.165) is 55.6 Å². The van der Waals surface area contributed by atoms with Gasteiger partial charge in [-0.15, -0.1) is 0 Å². The fourth-order valence-corrected chi connectivity index (χ4v) is 8.77. The van der Waals surface area contributed by atoms with E-state index in [1.807, 2.05) is 0 Å². The normalized spacial score (nSPS) is 36.1. The van der Waals surface area contributed by atoms with Crippen molar-refractivity contribution >= 4 is 16.7 Å². The first-order valence-corrected chi connectivity index (χ1v) is 14.5. The molecule has 0 radical (unpaired) electrons. The summed E-state index contributed by atoms with van der Waals surface area (Å²) in [6.07, 6.45) is 13.7. The second kappa shape index (κ2) is 9.13. The zero-order valence-corrected chi connectivity index (χ0v) is 22.8. The summed E-state index contributed by atoms with van der Waals surface area (Å²) >= 11 is 0. The van der Waals surface area contributed by atoms with Gasteiger partial charge in [-0.3, -0.25) is 0 Å². The van der Waals surface area contributed by atoms with Gasteiger partial charge in [0.1, 0.15) is 6.33 Å². The van der Waals surface area contributed by atoms with E-state index in [4.69, 9.17) is 4.98 Å². The molecule has 194 valence electrons. The molecular weight excluding hydrogens is 442 g/mol. The number of nitrogens with one attached hydrogen (secondary N) is 1. The number of hydrogen-bond acceptors (Lipinski definition) is 3. The number of fused-ring (bicyclic) bond motifs is 6. The molecule has 2 fully saturated rings. The van der Waals surface area contributed by atoms with Crippen molar-refractivity contribution in [2.24, 2.45) is 34.5 Å². The van der Waals surface area contributed by atoms with Crippen LogP contribution >= 0.6 is 0 Å². The number of allylic oxidation sites excluding steroid dienone is 2. The van der Waals surface area contributed by atoms with Crippen molar-refractivity contribution < 1.29 is 5.11 Å². The Bertz CT molecular complexity index is 1190. The SMILES string of the molecule is CC(C)CCNCC1=C(n2cnc3ccccc32)[C@@]2(C)CC[C@H]3[C@@H](CC=C4C[C@@H](O)CC[C@@]43C)[C@@H]2C1. The minimum atomic E-state index is -0.132. The fourth-order valence-electron chi connectivity index (χ4n) is 8.77. The fraction of sp³-hybridized carbons (Fsp3) is 0.656. The van der Waals surface area contributed by atoms with E-state index >= 15 is 0 Å². The van der Waals surface area contributed by atoms with Gasteiger partial charge in [0.05, 0.1) is 17.1 Å². The topological polar surface area (TPSA) is 50.1 Å². The van der Waals surface area contributed by atoms with E-state index < -0.39 is 0 Å². The van der Waals surface area contributed by atoms with Gasteiger partial charge in [0.2, 0.25) is 0 Å². The third kappa shape index (κ3) is 3.82. The molecule has 2 aromatic rings. The molecule has 0 spiro atoms. The molecule has 4 nitrogen and oxygen atoms in total. The van der Waals surface area contributed by atoms with Gasteiger partial charge in [0.15, 0.2) is 0 Å². The zero-order valence-electron chi connectivity index (χ0n) is 22.8. The molecule has 1 aromatic carbocycles. The Labute approximate surface area is 217 Å². The summed E-state index contributed by atoms with van der Waals surface area (Å²) in [6, 6.07) is 8.63. The van der Waals surface area contributed by atoms with E-state index in [2.05, 4.69) is 74.2 Å². The molecule has 36 heavy (non-hydrogen) atoms. The molecule has 0 unspecified atom stereocenters. The number of aliphatic hydroxyl groups excluding tert-OH is 1. The van der Waals surface area contributed by atoms with Crippen molar-refractivity contribution in [2.75, 3.05) is 13.1 Å². The zero-order chi connectivity index (χ0) is 25.1. The Kier molecular flexibility index (Phi) is 6.20. The molecule has 4 heteroatoms. The summed E-state index contributed by atoms with van der Waals surface area (Å²) in [5, 5.41) is 14.2. The van der Waals surface area contributed by atoms with E-state index in [9.17, 15) is 5.11 Å². The maximum atomic E-state index is 10.4. The maximum absolute atomic E-state index is 10.4. The lowest BCUT2D eigenvalue weighted by Crippen LogP contribution is -2.50. The number of aromatic nitrogens is 2. The predicted molar refractivity (Wildman–Crippen MR) is 148 cm³/mol. The minimum Gasteiger partial charge on any atom is -0.393 e. The predicted octanol–water partition coefficient (Wildman–Crippen LogP) is 6.82. The monoisotopic (exact) mass is 487 g/mol. The summed E-state index contributed by atoms with van der Waals surface area (Å²) in [4.78, 5) is 4.81. The summed E-state index contributed by atoms with van der Waals surface area (Å²) < 4.78 is 2.46. The maximum Gasteiger partial charge on any atom is 0.100 e. The van der Waals surface area contributed by atoms with Gasteiger partial charge in [-0.2, -0.15) is 0 Å². The lowest BCUT2D eigenvalue weighted by atomic mass is 9.48. The van der Waals surface area contributed by atoms with Crippen LogP contribution in [0.4, 0.5) is 0 Å². The van der Waals surface area contributed by atoms with Crippen molar-refractivity contribution in [3.63, 3.8) is 0 Å². The standard InChI is InChI=1S/C32H45N3O/c1-21(2)13-16-33-19-22-17-27-25-10-9-23-18-24(36)11-14-31(23,3)26(25)12-15-32(27,4)30(22)35-20-34-28-7-5-6-8-29(28)35/h5-9,20-21,24-27,33,36H,10-19H2,1-4H3/t24-,25+,26-,27-,31-,32-/m0/s1. The van der Waals surface area contributed by atoms with Gasteiger partial charge in [0, 0.05) is 17.7 Å². The molecule has 2 N–H and O–H groups in total. The van der Waals surface area contributed by atoms with Crippen LogP contribution in [0.15, 0.2) is 47.8 Å². The number of aliphatic hydroxyl groups is 1. The highest BCUT2D eigenvalue weighted by atomic mass is 16.3. The molecule has 1 heterocycles. The van der Waals surface area contributed by atoms with Gasteiger partial charge in [-0.25, -0.2) is 4.98 Å². The van der Waals surface area contributed by atoms with Crippen molar-refractivity contribution in [3.05, 3.63) is 47.8 Å². The molecule has 6 rings (SSSR count). The second-order valence-corrected chi connectivity index (χ2v) is 13.2. The number of para-hydroxylation sites is 2. The van der Waals surface area contributed by atoms with E-state index in [0.29, 0.717) is 5.92 Å². The van der Waals surface area contributed by atoms with Crippen LogP contribution in [0, 0.1) is 34.5 Å². The second-order valence-electron chi connectivity index (χ2n) is 13.2. The molecule has 2 saturated carbocycles. The number of rotatable bonds is 6. The van der Waals surface area contributed by atoms with Crippen LogP contribution in [0.25, 0.3) is 16.7 Å². The highest BCUT2D eigenvalue weighted by Crippen LogP contribution is 2.66. The van der Waals surface area contributed by atoms with Crippen LogP contribution in [0.5, 0.6) is 0 Å². The first kappa shape index (κ1) is 24.4. The quantitative estimate of drug-likeness (QED) is 0.347. The number of nitrogens with zero attached hydrogens (tertiary/aromatic N) is 2. The van der Waals surface area contributed by atoms with Gasteiger partial charge >= 0.3 is 0 Å². The molecule has 0 aliphatic heterocycles.